The van der Waals surface area contributed by atoms with Crippen molar-refractivity contribution in [1.82, 2.24) is 5.32 Å². The van der Waals surface area contributed by atoms with Crippen LogP contribution in [0.1, 0.15) is 61.4 Å². The molecule has 32 heavy (non-hydrogen) atoms. The van der Waals surface area contributed by atoms with Crippen LogP contribution in [-0.2, 0) is 6.42 Å². The normalized spacial score (nSPS) is 21.8. The Morgan fingerprint density at radius 2 is 1.78 bits per heavy atom. The predicted octanol–water partition coefficient (Wildman–Crippen LogP) is 5.36. The standard InChI is InChI=1S/C26H33N3O3/c1-19-7-5-6-10-23(19)27-26(30)22-11-12-24(25(18-22)29(31)32)28-15-13-21(14-16-28)17-20-8-3-2-4-9-20/h2-4,8-9,11-12,18-19,21,23H,5-7,10,13-17H2,1H3,(H,27,30)/t19-,23-/m1/s1. The Labute approximate surface area is 190 Å². The van der Waals surface area contributed by atoms with Gasteiger partial charge in [-0.3, -0.25) is 14.9 Å². The summed E-state index contributed by atoms with van der Waals surface area (Å²) in [6.45, 7) is 3.75. The summed E-state index contributed by atoms with van der Waals surface area (Å²) < 4.78 is 0. The molecule has 0 bridgehead atoms. The Morgan fingerprint density at radius 1 is 1.06 bits per heavy atom. The van der Waals surface area contributed by atoms with Gasteiger partial charge in [0.25, 0.3) is 11.6 Å². The molecule has 1 heterocycles. The summed E-state index contributed by atoms with van der Waals surface area (Å²) in [6.07, 6.45) is 7.48. The van der Waals surface area contributed by atoms with E-state index >= 15 is 0 Å². The minimum atomic E-state index is -0.356. The van der Waals surface area contributed by atoms with Gasteiger partial charge >= 0.3 is 0 Å². The molecular weight excluding hydrogens is 402 g/mol. The fourth-order valence-electron chi connectivity index (χ4n) is 5.19. The average molecular weight is 436 g/mol. The first kappa shape index (κ1) is 22.3. The number of hydrogen-bond donors (Lipinski definition) is 1. The van der Waals surface area contributed by atoms with E-state index in [0.717, 1.165) is 51.6 Å². The second kappa shape index (κ2) is 10.2. The van der Waals surface area contributed by atoms with Gasteiger partial charge in [-0.05, 0) is 61.6 Å². The lowest BCUT2D eigenvalue weighted by molar-refractivity contribution is -0.384. The number of rotatable bonds is 6. The van der Waals surface area contributed by atoms with Gasteiger partial charge in [0.15, 0.2) is 0 Å². The third-order valence-corrected chi connectivity index (χ3v) is 7.18. The van der Waals surface area contributed by atoms with Crippen LogP contribution in [-0.4, -0.2) is 30.0 Å². The number of nitrogens with one attached hydrogen (secondary N) is 1. The fourth-order valence-corrected chi connectivity index (χ4v) is 5.19. The van der Waals surface area contributed by atoms with Crippen molar-refractivity contribution in [2.24, 2.45) is 11.8 Å². The quantitative estimate of drug-likeness (QED) is 0.489. The van der Waals surface area contributed by atoms with Gasteiger partial charge in [0.2, 0.25) is 0 Å². The lowest BCUT2D eigenvalue weighted by Gasteiger charge is -2.33. The lowest BCUT2D eigenvalue weighted by atomic mass is 9.86. The van der Waals surface area contributed by atoms with Crippen LogP contribution in [0.3, 0.4) is 0 Å². The van der Waals surface area contributed by atoms with E-state index in [9.17, 15) is 14.9 Å². The van der Waals surface area contributed by atoms with Gasteiger partial charge in [-0.2, -0.15) is 0 Å². The highest BCUT2D eigenvalue weighted by Crippen LogP contribution is 2.33. The molecule has 1 amide bonds. The Morgan fingerprint density at radius 3 is 2.47 bits per heavy atom. The summed E-state index contributed by atoms with van der Waals surface area (Å²) in [7, 11) is 0. The van der Waals surface area contributed by atoms with Gasteiger partial charge in [0.1, 0.15) is 5.69 Å². The van der Waals surface area contributed by atoms with Gasteiger partial charge in [-0.15, -0.1) is 0 Å². The van der Waals surface area contributed by atoms with Crippen molar-refractivity contribution in [2.45, 2.75) is 57.9 Å². The summed E-state index contributed by atoms with van der Waals surface area (Å²) in [6, 6.07) is 15.6. The summed E-state index contributed by atoms with van der Waals surface area (Å²) in [5, 5.41) is 14.9. The van der Waals surface area contributed by atoms with Crippen LogP contribution in [0.2, 0.25) is 0 Å². The van der Waals surface area contributed by atoms with Gasteiger partial charge in [0, 0.05) is 30.8 Å². The van der Waals surface area contributed by atoms with E-state index in [0.29, 0.717) is 23.1 Å². The molecule has 2 aromatic carbocycles. The number of hydrogen-bond acceptors (Lipinski definition) is 4. The SMILES string of the molecule is C[C@@H]1CCCC[C@H]1NC(=O)c1ccc(N2CCC(Cc3ccccc3)CC2)c([N+](=O)[O-])c1. The van der Waals surface area contributed by atoms with Crippen molar-refractivity contribution in [1.29, 1.82) is 0 Å². The minimum Gasteiger partial charge on any atom is -0.366 e. The maximum absolute atomic E-state index is 12.8. The summed E-state index contributed by atoms with van der Waals surface area (Å²) in [5.41, 5.74) is 2.36. The molecule has 2 fully saturated rings. The van der Waals surface area contributed by atoms with E-state index in [1.807, 2.05) is 6.07 Å². The highest BCUT2D eigenvalue weighted by Gasteiger charge is 2.28. The van der Waals surface area contributed by atoms with E-state index in [-0.39, 0.29) is 22.6 Å². The molecule has 0 aromatic heterocycles. The summed E-state index contributed by atoms with van der Waals surface area (Å²) in [5.74, 6) is 0.828. The molecule has 1 saturated carbocycles. The number of amides is 1. The van der Waals surface area contributed by atoms with Crippen LogP contribution in [0, 0.1) is 22.0 Å². The van der Waals surface area contributed by atoms with Crippen molar-refractivity contribution in [3.63, 3.8) is 0 Å². The highest BCUT2D eigenvalue weighted by atomic mass is 16.6. The van der Waals surface area contributed by atoms with E-state index < -0.39 is 0 Å². The van der Waals surface area contributed by atoms with Crippen LogP contribution in [0.4, 0.5) is 11.4 Å². The molecule has 1 saturated heterocycles. The predicted molar refractivity (Wildman–Crippen MR) is 127 cm³/mol. The number of nitro benzene ring substituents is 1. The maximum Gasteiger partial charge on any atom is 0.293 e. The third kappa shape index (κ3) is 5.29. The number of nitrogens with zero attached hydrogens (tertiary/aromatic N) is 2. The van der Waals surface area contributed by atoms with Crippen LogP contribution in [0.5, 0.6) is 0 Å². The molecule has 2 atom stereocenters. The molecule has 0 spiro atoms. The summed E-state index contributed by atoms with van der Waals surface area (Å²) >= 11 is 0. The second-order valence-electron chi connectivity index (χ2n) is 9.42. The molecule has 6 nitrogen and oxygen atoms in total. The number of benzene rings is 2. The minimum absolute atomic E-state index is 0.0239. The molecule has 0 unspecified atom stereocenters. The van der Waals surface area contributed by atoms with Crippen molar-refractivity contribution in [3.8, 4) is 0 Å². The Bertz CT molecular complexity index is 939. The van der Waals surface area contributed by atoms with Gasteiger partial charge < -0.3 is 10.2 Å². The van der Waals surface area contributed by atoms with E-state index in [2.05, 4.69) is 41.4 Å². The monoisotopic (exact) mass is 435 g/mol. The third-order valence-electron chi connectivity index (χ3n) is 7.18. The molecule has 2 aromatic rings. The zero-order chi connectivity index (χ0) is 22.5. The largest absolute Gasteiger partial charge is 0.366 e. The van der Waals surface area contributed by atoms with Gasteiger partial charge in [0.05, 0.1) is 4.92 Å². The second-order valence-corrected chi connectivity index (χ2v) is 9.42. The van der Waals surface area contributed by atoms with Gasteiger partial charge in [-0.25, -0.2) is 0 Å². The van der Waals surface area contributed by atoms with Crippen molar-refractivity contribution < 1.29 is 9.72 Å². The first-order chi connectivity index (χ1) is 15.5. The molecular formula is C26H33N3O3. The lowest BCUT2D eigenvalue weighted by Crippen LogP contribution is -2.41. The zero-order valence-electron chi connectivity index (χ0n) is 18.8. The van der Waals surface area contributed by atoms with Gasteiger partial charge in [-0.1, -0.05) is 50.1 Å². The topological polar surface area (TPSA) is 75.5 Å². The molecule has 1 aliphatic heterocycles. The van der Waals surface area contributed by atoms with Crippen molar-refractivity contribution >= 4 is 17.3 Å². The zero-order valence-corrected chi connectivity index (χ0v) is 18.8. The average Bonchev–Trinajstić information content (AvgIpc) is 2.81. The number of nitro groups is 1. The van der Waals surface area contributed by atoms with E-state index in [1.54, 1.807) is 12.1 Å². The number of piperidine rings is 1. The highest BCUT2D eigenvalue weighted by molar-refractivity contribution is 5.96. The van der Waals surface area contributed by atoms with E-state index in [1.165, 1.54) is 18.1 Å². The van der Waals surface area contributed by atoms with Crippen molar-refractivity contribution in [2.75, 3.05) is 18.0 Å². The van der Waals surface area contributed by atoms with Crippen LogP contribution in [0.15, 0.2) is 48.5 Å². The molecule has 1 aliphatic carbocycles. The smallest absolute Gasteiger partial charge is 0.293 e. The van der Waals surface area contributed by atoms with Crippen LogP contribution >= 0.6 is 0 Å². The van der Waals surface area contributed by atoms with Crippen LogP contribution in [0.25, 0.3) is 0 Å². The molecule has 0 radical (unpaired) electrons. The Hall–Kier alpha value is -2.89. The maximum atomic E-state index is 12.8. The Balaban J connectivity index is 1.42. The first-order valence-corrected chi connectivity index (χ1v) is 11.9. The Kier molecular flexibility index (Phi) is 7.08. The van der Waals surface area contributed by atoms with E-state index in [4.69, 9.17) is 0 Å². The molecule has 170 valence electrons. The molecule has 1 N–H and O–H groups in total. The number of carbonyl (C=O) groups is 1. The number of carbonyl (C=O) groups excluding carboxylic acids is 1. The number of anilines is 1. The molecule has 4 rings (SSSR count). The summed E-state index contributed by atoms with van der Waals surface area (Å²) in [4.78, 5) is 26.4. The molecule has 6 heteroatoms. The van der Waals surface area contributed by atoms with Crippen molar-refractivity contribution in [3.05, 3.63) is 69.8 Å². The first-order valence-electron chi connectivity index (χ1n) is 11.9. The van der Waals surface area contributed by atoms with Crippen LogP contribution < -0.4 is 10.2 Å². The molecule has 2 aliphatic rings. The fraction of sp³-hybridized carbons (Fsp3) is 0.500.